The zero-order valence-corrected chi connectivity index (χ0v) is 13.4. The highest BCUT2D eigenvalue weighted by atomic mass is 16.5. The largest absolute Gasteiger partial charge is 0.467 e. The number of amides is 3. The SMILES string of the molecule is COC(=O)[C@H]1CCCN1C(=O)CCN1C(=O)c2ccccc2C1=O. The van der Waals surface area contributed by atoms with E-state index in [4.69, 9.17) is 4.74 Å². The van der Waals surface area contributed by atoms with Crippen molar-refractivity contribution in [3.63, 3.8) is 0 Å². The third-order valence-corrected chi connectivity index (χ3v) is 4.47. The second-order valence-electron chi connectivity index (χ2n) is 5.83. The van der Waals surface area contributed by atoms with Crippen molar-refractivity contribution in [2.24, 2.45) is 0 Å². The predicted octanol–water partition coefficient (Wildman–Crippen LogP) is 0.837. The van der Waals surface area contributed by atoms with Crippen LogP contribution in [0.1, 0.15) is 40.0 Å². The van der Waals surface area contributed by atoms with Gasteiger partial charge in [0.05, 0.1) is 18.2 Å². The van der Waals surface area contributed by atoms with E-state index >= 15 is 0 Å². The second-order valence-corrected chi connectivity index (χ2v) is 5.83. The first kappa shape index (κ1) is 16.2. The Morgan fingerprint density at radius 1 is 1.17 bits per heavy atom. The molecule has 2 aliphatic rings. The van der Waals surface area contributed by atoms with Gasteiger partial charge >= 0.3 is 5.97 Å². The minimum Gasteiger partial charge on any atom is -0.467 e. The number of hydrogen-bond acceptors (Lipinski definition) is 5. The number of benzene rings is 1. The summed E-state index contributed by atoms with van der Waals surface area (Å²) in [4.78, 5) is 51.2. The van der Waals surface area contributed by atoms with Gasteiger partial charge in [-0.05, 0) is 25.0 Å². The Morgan fingerprint density at radius 2 is 1.79 bits per heavy atom. The van der Waals surface area contributed by atoms with Crippen LogP contribution < -0.4 is 0 Å². The van der Waals surface area contributed by atoms with Crippen LogP contribution in [0, 0.1) is 0 Å². The second kappa shape index (κ2) is 6.43. The topological polar surface area (TPSA) is 84.0 Å². The Kier molecular flexibility index (Phi) is 4.33. The molecule has 0 aliphatic carbocycles. The zero-order chi connectivity index (χ0) is 17.3. The number of imide groups is 1. The lowest BCUT2D eigenvalue weighted by atomic mass is 10.1. The lowest BCUT2D eigenvalue weighted by Crippen LogP contribution is -2.42. The molecule has 0 N–H and O–H groups in total. The van der Waals surface area contributed by atoms with Crippen molar-refractivity contribution < 1.29 is 23.9 Å². The number of esters is 1. The predicted molar refractivity (Wildman–Crippen MR) is 83.2 cm³/mol. The molecule has 24 heavy (non-hydrogen) atoms. The van der Waals surface area contributed by atoms with E-state index in [1.54, 1.807) is 24.3 Å². The van der Waals surface area contributed by atoms with Gasteiger partial charge < -0.3 is 9.64 Å². The number of methoxy groups -OCH3 is 1. The number of hydrogen-bond donors (Lipinski definition) is 0. The number of carbonyl (C=O) groups excluding carboxylic acids is 4. The average molecular weight is 330 g/mol. The fourth-order valence-corrected chi connectivity index (χ4v) is 3.24. The molecule has 0 radical (unpaired) electrons. The van der Waals surface area contributed by atoms with Crippen LogP contribution in [0.3, 0.4) is 0 Å². The number of carbonyl (C=O) groups is 4. The molecule has 1 atom stereocenters. The van der Waals surface area contributed by atoms with Crippen LogP contribution >= 0.6 is 0 Å². The van der Waals surface area contributed by atoms with Crippen LogP contribution in [0.25, 0.3) is 0 Å². The Balaban J connectivity index is 1.64. The van der Waals surface area contributed by atoms with Gasteiger partial charge in [0.15, 0.2) is 0 Å². The molecular formula is C17H18N2O5. The van der Waals surface area contributed by atoms with Crippen molar-refractivity contribution in [2.75, 3.05) is 20.2 Å². The molecular weight excluding hydrogens is 312 g/mol. The molecule has 0 bridgehead atoms. The van der Waals surface area contributed by atoms with Gasteiger partial charge in [0.1, 0.15) is 6.04 Å². The summed E-state index contributed by atoms with van der Waals surface area (Å²) < 4.78 is 4.72. The molecule has 1 saturated heterocycles. The summed E-state index contributed by atoms with van der Waals surface area (Å²) in [6, 6.07) is 6.04. The molecule has 1 aromatic rings. The lowest BCUT2D eigenvalue weighted by molar-refractivity contribution is -0.151. The minimum atomic E-state index is -0.565. The van der Waals surface area contributed by atoms with Crippen molar-refractivity contribution in [3.8, 4) is 0 Å². The third kappa shape index (κ3) is 2.66. The highest BCUT2D eigenvalue weighted by Crippen LogP contribution is 2.24. The van der Waals surface area contributed by atoms with Gasteiger partial charge in [0, 0.05) is 19.5 Å². The Bertz CT molecular complexity index is 680. The molecule has 3 amide bonds. The molecule has 0 spiro atoms. The van der Waals surface area contributed by atoms with Crippen LogP contribution in [0.15, 0.2) is 24.3 Å². The maximum absolute atomic E-state index is 12.4. The molecule has 1 aromatic carbocycles. The fourth-order valence-electron chi connectivity index (χ4n) is 3.24. The molecule has 7 nitrogen and oxygen atoms in total. The van der Waals surface area contributed by atoms with E-state index in [9.17, 15) is 19.2 Å². The third-order valence-electron chi connectivity index (χ3n) is 4.47. The van der Waals surface area contributed by atoms with E-state index in [1.165, 1.54) is 12.0 Å². The summed E-state index contributed by atoms with van der Waals surface area (Å²) in [6.45, 7) is 0.496. The molecule has 3 rings (SSSR count). The first-order valence-corrected chi connectivity index (χ1v) is 7.87. The smallest absolute Gasteiger partial charge is 0.328 e. The van der Waals surface area contributed by atoms with Crippen LogP contribution in [0.4, 0.5) is 0 Å². The van der Waals surface area contributed by atoms with Crippen molar-refractivity contribution in [3.05, 3.63) is 35.4 Å². The van der Waals surface area contributed by atoms with E-state index in [0.717, 1.165) is 11.3 Å². The molecule has 2 heterocycles. The Hall–Kier alpha value is -2.70. The van der Waals surface area contributed by atoms with Gasteiger partial charge in [-0.3, -0.25) is 19.3 Å². The van der Waals surface area contributed by atoms with Crippen LogP contribution in [-0.2, 0) is 14.3 Å². The maximum atomic E-state index is 12.4. The number of rotatable bonds is 4. The molecule has 2 aliphatic heterocycles. The van der Waals surface area contributed by atoms with Crippen LogP contribution in [-0.4, -0.2) is 59.7 Å². The van der Waals surface area contributed by atoms with Gasteiger partial charge in [0.2, 0.25) is 5.91 Å². The number of fused-ring (bicyclic) bond motifs is 1. The first-order valence-electron chi connectivity index (χ1n) is 7.87. The summed E-state index contributed by atoms with van der Waals surface area (Å²) in [7, 11) is 1.29. The lowest BCUT2D eigenvalue weighted by Gasteiger charge is -2.23. The standard InChI is InChI=1S/C17H18N2O5/c1-24-17(23)13-7-4-9-18(13)14(20)8-10-19-15(21)11-5-2-3-6-12(11)16(19)22/h2-3,5-6,13H,4,7-10H2,1H3/t13-/m1/s1. The van der Waals surface area contributed by atoms with Gasteiger partial charge in [-0.1, -0.05) is 12.1 Å². The number of likely N-dealkylation sites (tertiary alicyclic amines) is 1. The average Bonchev–Trinajstić information content (AvgIpc) is 3.18. The van der Waals surface area contributed by atoms with Crippen molar-refractivity contribution >= 4 is 23.7 Å². The normalized spacial score (nSPS) is 19.6. The van der Waals surface area contributed by atoms with E-state index in [-0.39, 0.29) is 30.7 Å². The summed E-state index contributed by atoms with van der Waals surface area (Å²) in [5.41, 5.74) is 0.729. The Morgan fingerprint density at radius 3 is 2.38 bits per heavy atom. The first-order chi connectivity index (χ1) is 11.5. The van der Waals surface area contributed by atoms with Gasteiger partial charge in [-0.25, -0.2) is 4.79 Å². The molecule has 0 unspecified atom stereocenters. The van der Waals surface area contributed by atoms with Crippen LogP contribution in [0.5, 0.6) is 0 Å². The van der Waals surface area contributed by atoms with E-state index in [0.29, 0.717) is 24.1 Å². The monoisotopic (exact) mass is 330 g/mol. The van der Waals surface area contributed by atoms with E-state index in [1.807, 2.05) is 0 Å². The number of ether oxygens (including phenoxy) is 1. The summed E-state index contributed by atoms with van der Waals surface area (Å²) in [5.74, 6) is -1.44. The fraction of sp³-hybridized carbons (Fsp3) is 0.412. The van der Waals surface area contributed by atoms with Crippen molar-refractivity contribution in [1.82, 2.24) is 9.80 Å². The van der Waals surface area contributed by atoms with Gasteiger partial charge in [0.25, 0.3) is 11.8 Å². The summed E-state index contributed by atoms with van der Waals surface area (Å²) >= 11 is 0. The Labute approximate surface area is 139 Å². The van der Waals surface area contributed by atoms with Crippen molar-refractivity contribution in [2.45, 2.75) is 25.3 Å². The molecule has 126 valence electrons. The molecule has 0 saturated carbocycles. The van der Waals surface area contributed by atoms with E-state index in [2.05, 4.69) is 0 Å². The van der Waals surface area contributed by atoms with Crippen molar-refractivity contribution in [1.29, 1.82) is 0 Å². The highest BCUT2D eigenvalue weighted by Gasteiger charge is 2.37. The van der Waals surface area contributed by atoms with Crippen LogP contribution in [0.2, 0.25) is 0 Å². The quantitative estimate of drug-likeness (QED) is 0.603. The number of nitrogens with zero attached hydrogens (tertiary/aromatic N) is 2. The zero-order valence-electron chi connectivity index (χ0n) is 13.4. The maximum Gasteiger partial charge on any atom is 0.328 e. The summed E-state index contributed by atoms with van der Waals surface area (Å²) in [5, 5.41) is 0. The summed E-state index contributed by atoms with van der Waals surface area (Å²) in [6.07, 6.45) is 1.31. The highest BCUT2D eigenvalue weighted by molar-refractivity contribution is 6.21. The van der Waals surface area contributed by atoms with E-state index < -0.39 is 12.0 Å². The minimum absolute atomic E-state index is 0.00103. The van der Waals surface area contributed by atoms with Gasteiger partial charge in [-0.15, -0.1) is 0 Å². The molecule has 1 fully saturated rings. The molecule has 0 aromatic heterocycles. The molecule has 7 heteroatoms. The van der Waals surface area contributed by atoms with Gasteiger partial charge in [-0.2, -0.15) is 0 Å².